The second-order valence-corrected chi connectivity index (χ2v) is 13.8. The Morgan fingerprint density at radius 3 is 1.34 bits per heavy atom. The number of allylic oxidation sites excluding steroid dienone is 9. The Labute approximate surface area is 328 Å². The zero-order valence-corrected chi connectivity index (χ0v) is 31.1. The first-order chi connectivity index (χ1) is 27.3. The van der Waals surface area contributed by atoms with E-state index in [4.69, 9.17) is 27.8 Å². The second kappa shape index (κ2) is 17.8. The molecule has 0 N–H and O–H groups in total. The lowest BCUT2D eigenvalue weighted by molar-refractivity contribution is -2.00. The summed E-state index contributed by atoms with van der Waals surface area (Å²) in [5.74, 6) is 3.37. The van der Waals surface area contributed by atoms with Crippen LogP contribution in [0.5, 0.6) is 0 Å². The van der Waals surface area contributed by atoms with Crippen LogP contribution in [0.4, 0.5) is 0 Å². The lowest BCUT2D eigenvalue weighted by Crippen LogP contribution is -2.68. The average Bonchev–Trinajstić information content (AvgIpc) is 3.65. The second-order valence-electron chi connectivity index (χ2n) is 13.0. The molecule has 6 nitrogen and oxygen atoms in total. The van der Waals surface area contributed by atoms with Crippen LogP contribution in [0.25, 0.3) is 45.8 Å². The van der Waals surface area contributed by atoms with Crippen molar-refractivity contribution in [2.75, 3.05) is 0 Å². The number of halogens is 1. The maximum absolute atomic E-state index is 8.49. The van der Waals surface area contributed by atoms with Gasteiger partial charge in [-0.3, -0.25) is 0 Å². The van der Waals surface area contributed by atoms with E-state index in [2.05, 4.69) is 127 Å². The van der Waals surface area contributed by atoms with Crippen LogP contribution in [0.1, 0.15) is 35.1 Å². The normalized spacial score (nSPS) is 14.9. The lowest BCUT2D eigenvalue weighted by atomic mass is 9.96. The van der Waals surface area contributed by atoms with Gasteiger partial charge in [-0.05, 0) is 82.7 Å². The molecule has 2 heterocycles. The summed E-state index contributed by atoms with van der Waals surface area (Å²) < 4.78 is 46.9. The van der Waals surface area contributed by atoms with Crippen molar-refractivity contribution in [2.45, 2.75) is 12.8 Å². The van der Waals surface area contributed by atoms with Crippen LogP contribution >= 0.6 is 0 Å². The summed E-state index contributed by atoms with van der Waals surface area (Å²) >= 11 is 0. The van der Waals surface area contributed by atoms with Crippen molar-refractivity contribution in [3.63, 3.8) is 0 Å². The van der Waals surface area contributed by atoms with E-state index < -0.39 is 10.2 Å². The molecule has 0 atom stereocenters. The molecule has 0 saturated heterocycles. The summed E-state index contributed by atoms with van der Waals surface area (Å²) in [6, 6.07) is 56.3. The summed E-state index contributed by atoms with van der Waals surface area (Å²) in [4.78, 5) is 0. The van der Waals surface area contributed by atoms with Gasteiger partial charge in [0.15, 0.2) is 0 Å². The molecule has 6 aromatic rings. The Kier molecular flexibility index (Phi) is 12.1. The monoisotopic (exact) mass is 756 g/mol. The maximum atomic E-state index is 8.49. The molecule has 0 spiro atoms. The molecule has 5 aromatic carbocycles. The van der Waals surface area contributed by atoms with E-state index in [1.165, 1.54) is 22.3 Å². The maximum Gasteiger partial charge on any atom is 0.361 e. The molecule has 2 aliphatic rings. The van der Waals surface area contributed by atoms with Crippen LogP contribution in [-0.2, 0) is 4.74 Å². The van der Waals surface area contributed by atoms with Gasteiger partial charge in [0.05, 0.1) is 23.3 Å². The third kappa shape index (κ3) is 10.2. The third-order valence-electron chi connectivity index (χ3n) is 9.19. The van der Waals surface area contributed by atoms with E-state index in [-0.39, 0.29) is 0 Å². The predicted octanol–water partition coefficient (Wildman–Crippen LogP) is 8.36. The van der Waals surface area contributed by atoms with Crippen molar-refractivity contribution in [3.8, 4) is 22.6 Å². The van der Waals surface area contributed by atoms with Crippen LogP contribution in [0.3, 0.4) is 0 Å². The van der Waals surface area contributed by atoms with E-state index in [1.54, 1.807) is 0 Å². The molecule has 0 bridgehead atoms. The highest BCUT2D eigenvalue weighted by molar-refractivity contribution is 5.87. The van der Waals surface area contributed by atoms with Crippen LogP contribution in [-0.4, -0.2) is 0 Å². The summed E-state index contributed by atoms with van der Waals surface area (Å²) in [6.07, 6.45) is 15.2. The van der Waals surface area contributed by atoms with E-state index in [1.807, 2.05) is 72.8 Å². The summed E-state index contributed by atoms with van der Waals surface area (Å²) in [7, 11) is -4.94. The van der Waals surface area contributed by atoms with Crippen molar-refractivity contribution >= 4 is 23.2 Å². The summed E-state index contributed by atoms with van der Waals surface area (Å²) in [6.45, 7) is 0. The van der Waals surface area contributed by atoms with Crippen molar-refractivity contribution in [2.24, 2.45) is 0 Å². The molecular weight excluding hydrogens is 720 g/mol. The standard InChI is InChI=1S/C49H37O2.ClHO4/c1-6-16-38(17-7-1)45-32-36(33-46(50-45)39-18-8-2-9-19-39)26-28-43-30-31-44(49(43)42-24-14-5-15-25-42)29-27-37-34-47(40-20-10-3-11-21-40)51-48(35-37)41-22-12-4-13-23-41;2-1(3,4)5/h1-29,32-35H,30-31H2;(H,2,3,4,5)/q+1;/p-1. The topological polar surface area (TPSA) is 113 Å². The fraction of sp³-hybridized carbons (Fsp3) is 0.0408. The van der Waals surface area contributed by atoms with Gasteiger partial charge in [-0.1, -0.05) is 152 Å². The van der Waals surface area contributed by atoms with Crippen molar-refractivity contribution in [1.29, 1.82) is 0 Å². The summed E-state index contributed by atoms with van der Waals surface area (Å²) in [5, 5.41) is 0. The smallest absolute Gasteiger partial charge is 0.361 e. The van der Waals surface area contributed by atoms with Gasteiger partial charge in [0, 0.05) is 11.1 Å². The SMILES string of the molecule is C(/C=C1\CCC(/C=C/c2cc(-c3ccccc3)[o+]c(-c3ccccc3)c2)=C1c1ccccc1)=C1C=C(c2ccccc2)OC(c2ccccc2)=C1.[O-][Cl+3]([O-])([O-])[O-]. The number of hydrogen-bond donors (Lipinski definition) is 0. The first-order valence-corrected chi connectivity index (χ1v) is 19.3. The Morgan fingerprint density at radius 2 is 0.893 bits per heavy atom. The van der Waals surface area contributed by atoms with Gasteiger partial charge in [-0.25, -0.2) is 23.1 Å². The molecule has 8 rings (SSSR count). The van der Waals surface area contributed by atoms with Crippen LogP contribution in [0.15, 0.2) is 215 Å². The molecule has 7 heteroatoms. The molecule has 0 unspecified atom stereocenters. The van der Waals surface area contributed by atoms with E-state index >= 15 is 0 Å². The van der Waals surface area contributed by atoms with E-state index in [0.29, 0.717) is 0 Å². The Morgan fingerprint density at radius 1 is 0.482 bits per heavy atom. The van der Waals surface area contributed by atoms with Crippen LogP contribution in [0.2, 0.25) is 0 Å². The van der Waals surface area contributed by atoms with Gasteiger partial charge in [-0.15, -0.1) is 10.2 Å². The van der Waals surface area contributed by atoms with E-state index in [0.717, 1.165) is 69.3 Å². The highest BCUT2D eigenvalue weighted by Gasteiger charge is 2.22. The Bertz CT molecular complexity index is 2320. The fourth-order valence-corrected chi connectivity index (χ4v) is 6.64. The van der Waals surface area contributed by atoms with Crippen molar-refractivity contribution < 1.29 is 38.0 Å². The Hall–Kier alpha value is -6.38. The molecule has 0 fully saturated rings. The minimum absolute atomic E-state index is 0.842. The first-order valence-electron chi connectivity index (χ1n) is 18.1. The minimum atomic E-state index is -4.94. The van der Waals surface area contributed by atoms with Gasteiger partial charge in [0.2, 0.25) is 0 Å². The number of hydrogen-bond acceptors (Lipinski definition) is 5. The molecule has 56 heavy (non-hydrogen) atoms. The lowest BCUT2D eigenvalue weighted by Gasteiger charge is -2.19. The highest BCUT2D eigenvalue weighted by Crippen LogP contribution is 2.40. The average molecular weight is 757 g/mol. The molecule has 1 aromatic heterocycles. The number of ether oxygens (including phenoxy) is 1. The Balaban J connectivity index is 0.000000905. The van der Waals surface area contributed by atoms with Gasteiger partial charge in [0.1, 0.15) is 11.5 Å². The van der Waals surface area contributed by atoms with E-state index in [9.17, 15) is 0 Å². The molecule has 1 aliphatic heterocycles. The van der Waals surface area contributed by atoms with Gasteiger partial charge >= 0.3 is 11.5 Å². The molecular formula is C49H37ClO6. The largest absolute Gasteiger partial charge is 0.456 e. The number of rotatable bonds is 8. The zero-order valence-electron chi connectivity index (χ0n) is 30.3. The number of benzene rings is 5. The third-order valence-corrected chi connectivity index (χ3v) is 9.19. The molecule has 1 aliphatic carbocycles. The highest BCUT2D eigenvalue weighted by atomic mass is 35.7. The van der Waals surface area contributed by atoms with Crippen LogP contribution in [0, 0.1) is 10.2 Å². The van der Waals surface area contributed by atoms with Gasteiger partial charge in [0.25, 0.3) is 0 Å². The minimum Gasteiger partial charge on any atom is -0.456 e. The van der Waals surface area contributed by atoms with Gasteiger partial charge < -0.3 is 4.74 Å². The van der Waals surface area contributed by atoms with Crippen LogP contribution < -0.4 is 18.6 Å². The zero-order chi connectivity index (χ0) is 38.7. The predicted molar refractivity (Wildman–Crippen MR) is 212 cm³/mol. The molecule has 276 valence electrons. The van der Waals surface area contributed by atoms with Gasteiger partial charge in [-0.2, -0.15) is 0 Å². The van der Waals surface area contributed by atoms with Crippen molar-refractivity contribution in [1.82, 2.24) is 0 Å². The van der Waals surface area contributed by atoms with Crippen molar-refractivity contribution in [3.05, 3.63) is 233 Å². The molecule has 0 amide bonds. The molecule has 0 radical (unpaired) electrons. The molecule has 0 saturated carbocycles. The summed E-state index contributed by atoms with van der Waals surface area (Å²) in [5.41, 5.74) is 11.6. The first kappa shape index (κ1) is 37.9. The quantitative estimate of drug-likeness (QED) is 0.144. The fourth-order valence-electron chi connectivity index (χ4n) is 6.64.